The predicted octanol–water partition coefficient (Wildman–Crippen LogP) is 4.65. The molecule has 1 saturated heterocycles. The molecule has 3 heterocycles. The second-order valence-electron chi connectivity index (χ2n) is 8.29. The summed E-state index contributed by atoms with van der Waals surface area (Å²) in [7, 11) is -3.74. The number of aryl methyl sites for hydroxylation is 1. The van der Waals surface area contributed by atoms with Crippen molar-refractivity contribution in [2.45, 2.75) is 37.2 Å². The van der Waals surface area contributed by atoms with Gasteiger partial charge in [0.2, 0.25) is 6.79 Å². The van der Waals surface area contributed by atoms with E-state index in [0.717, 1.165) is 38.0 Å². The highest BCUT2D eigenvalue weighted by atomic mass is 32.2. The Balaban J connectivity index is 1.44. The van der Waals surface area contributed by atoms with Crippen LogP contribution < -0.4 is 13.8 Å². The fraction of sp³-hybridized carbons (Fsp3) is 0.333. The molecule has 168 valence electrons. The molecule has 0 saturated carbocycles. The number of fused-ring (bicyclic) bond motifs is 1. The number of benzene rings is 2. The molecule has 0 spiro atoms. The Morgan fingerprint density at radius 1 is 1.03 bits per heavy atom. The van der Waals surface area contributed by atoms with Gasteiger partial charge in [-0.15, -0.1) is 0 Å². The van der Waals surface area contributed by atoms with Crippen molar-refractivity contribution in [1.82, 2.24) is 4.90 Å². The number of anilines is 1. The van der Waals surface area contributed by atoms with Crippen LogP contribution in [0.15, 0.2) is 64.2 Å². The third kappa shape index (κ3) is 4.22. The molecule has 0 bridgehead atoms. The smallest absolute Gasteiger partial charge is 0.264 e. The van der Waals surface area contributed by atoms with Crippen LogP contribution in [0.5, 0.6) is 11.5 Å². The van der Waals surface area contributed by atoms with Crippen molar-refractivity contribution in [1.29, 1.82) is 0 Å². The summed E-state index contributed by atoms with van der Waals surface area (Å²) in [5.41, 5.74) is 2.96. The number of hydrogen-bond donors (Lipinski definition) is 0. The second-order valence-corrected chi connectivity index (χ2v) is 10.9. The minimum Gasteiger partial charge on any atom is -0.454 e. The lowest BCUT2D eigenvalue weighted by Crippen LogP contribution is -2.47. The van der Waals surface area contributed by atoms with Crippen LogP contribution in [0.25, 0.3) is 0 Å². The Bertz CT molecular complexity index is 1170. The molecule has 0 radical (unpaired) electrons. The maximum absolute atomic E-state index is 13.8. The van der Waals surface area contributed by atoms with Crippen molar-refractivity contribution in [3.63, 3.8) is 0 Å². The molecule has 1 aromatic heterocycles. The van der Waals surface area contributed by atoms with Crippen LogP contribution in [-0.2, 0) is 16.6 Å². The molecular formula is C24H26N2O4S2. The van der Waals surface area contributed by atoms with Gasteiger partial charge in [-0.25, -0.2) is 8.42 Å². The third-order valence-corrected chi connectivity index (χ3v) is 8.69. The molecule has 5 rings (SSSR count). The molecule has 32 heavy (non-hydrogen) atoms. The standard InChI is InChI=1S/C24H26N2O4S2/c1-18-2-5-22(6-3-18)32(27,28)26(21-4-7-23-24(14-21)30-17-29-23)20-8-11-25(12-9-20)15-19-10-13-31-16-19/h2-7,10,13-14,16,20H,8-9,11-12,15,17H2,1H3. The molecule has 0 unspecified atom stereocenters. The minimum absolute atomic E-state index is 0.125. The lowest BCUT2D eigenvalue weighted by molar-refractivity contribution is 0.174. The summed E-state index contributed by atoms with van der Waals surface area (Å²) in [6.45, 7) is 4.72. The molecule has 0 N–H and O–H groups in total. The van der Waals surface area contributed by atoms with E-state index in [4.69, 9.17) is 9.47 Å². The molecule has 3 aromatic rings. The van der Waals surface area contributed by atoms with Gasteiger partial charge in [0, 0.05) is 31.7 Å². The van der Waals surface area contributed by atoms with Crippen molar-refractivity contribution in [2.75, 3.05) is 24.2 Å². The summed E-state index contributed by atoms with van der Waals surface area (Å²) in [5, 5.41) is 4.27. The van der Waals surface area contributed by atoms with Gasteiger partial charge < -0.3 is 9.47 Å². The summed E-state index contributed by atoms with van der Waals surface area (Å²) >= 11 is 1.71. The maximum Gasteiger partial charge on any atom is 0.264 e. The van der Waals surface area contributed by atoms with Crippen LogP contribution in [0.3, 0.4) is 0 Å². The molecule has 8 heteroatoms. The highest BCUT2D eigenvalue weighted by Gasteiger charge is 2.35. The summed E-state index contributed by atoms with van der Waals surface area (Å²) in [4.78, 5) is 2.70. The molecule has 2 aromatic carbocycles. The van der Waals surface area contributed by atoms with Gasteiger partial charge in [0.1, 0.15) is 0 Å². The molecular weight excluding hydrogens is 444 g/mol. The van der Waals surface area contributed by atoms with Gasteiger partial charge in [-0.1, -0.05) is 17.7 Å². The lowest BCUT2D eigenvalue weighted by Gasteiger charge is -2.39. The number of sulfonamides is 1. The van der Waals surface area contributed by atoms with Gasteiger partial charge in [-0.2, -0.15) is 11.3 Å². The van der Waals surface area contributed by atoms with Crippen molar-refractivity contribution in [3.05, 3.63) is 70.4 Å². The molecule has 0 atom stereocenters. The molecule has 6 nitrogen and oxygen atoms in total. The highest BCUT2D eigenvalue weighted by Crippen LogP contribution is 2.39. The zero-order valence-corrected chi connectivity index (χ0v) is 19.6. The number of hydrogen-bond acceptors (Lipinski definition) is 6. The number of piperidine rings is 1. The van der Waals surface area contributed by atoms with E-state index < -0.39 is 10.0 Å². The Labute approximate surface area is 193 Å². The van der Waals surface area contributed by atoms with Gasteiger partial charge in [-0.3, -0.25) is 9.21 Å². The average Bonchev–Trinajstić information content (AvgIpc) is 3.47. The van der Waals surface area contributed by atoms with E-state index in [1.165, 1.54) is 5.56 Å². The SMILES string of the molecule is Cc1ccc(S(=O)(=O)N(c2ccc3c(c2)OCO3)C2CCN(Cc3ccsc3)CC2)cc1. The minimum atomic E-state index is -3.74. The van der Waals surface area contributed by atoms with Crippen LogP contribution >= 0.6 is 11.3 Å². The first-order chi connectivity index (χ1) is 15.5. The van der Waals surface area contributed by atoms with E-state index in [9.17, 15) is 8.42 Å². The van der Waals surface area contributed by atoms with Gasteiger partial charge >= 0.3 is 0 Å². The fourth-order valence-corrected chi connectivity index (χ4v) is 6.71. The Kier molecular flexibility index (Phi) is 5.84. The Morgan fingerprint density at radius 3 is 2.50 bits per heavy atom. The molecule has 0 amide bonds. The quantitative estimate of drug-likeness (QED) is 0.525. The molecule has 2 aliphatic heterocycles. The van der Waals surface area contributed by atoms with Crippen molar-refractivity contribution in [2.24, 2.45) is 0 Å². The first-order valence-electron chi connectivity index (χ1n) is 10.7. The number of ether oxygens (including phenoxy) is 2. The predicted molar refractivity (Wildman–Crippen MR) is 126 cm³/mol. The second kappa shape index (κ2) is 8.77. The van der Waals surface area contributed by atoms with Crippen LogP contribution in [0, 0.1) is 6.92 Å². The summed E-state index contributed by atoms with van der Waals surface area (Å²) in [6, 6.07) is 14.5. The van der Waals surface area contributed by atoms with Gasteiger partial charge in [-0.05, 0) is 66.4 Å². The van der Waals surface area contributed by atoms with Crippen LogP contribution in [0.1, 0.15) is 24.0 Å². The monoisotopic (exact) mass is 470 g/mol. The number of rotatable bonds is 6. The van der Waals surface area contributed by atoms with Crippen LogP contribution in [0.4, 0.5) is 5.69 Å². The normalized spacial score (nSPS) is 16.9. The summed E-state index contributed by atoms with van der Waals surface area (Å²) < 4.78 is 40.2. The van der Waals surface area contributed by atoms with Gasteiger partial charge in [0.25, 0.3) is 10.0 Å². The van der Waals surface area contributed by atoms with E-state index >= 15 is 0 Å². The topological polar surface area (TPSA) is 59.1 Å². The lowest BCUT2D eigenvalue weighted by atomic mass is 10.0. The van der Waals surface area contributed by atoms with Crippen molar-refractivity contribution in [3.8, 4) is 11.5 Å². The van der Waals surface area contributed by atoms with E-state index in [1.54, 1.807) is 39.9 Å². The van der Waals surface area contributed by atoms with E-state index in [-0.39, 0.29) is 12.8 Å². The zero-order chi connectivity index (χ0) is 22.1. The van der Waals surface area contributed by atoms with E-state index in [0.29, 0.717) is 22.1 Å². The largest absolute Gasteiger partial charge is 0.454 e. The van der Waals surface area contributed by atoms with Crippen molar-refractivity contribution < 1.29 is 17.9 Å². The van der Waals surface area contributed by atoms with Crippen LogP contribution in [0.2, 0.25) is 0 Å². The highest BCUT2D eigenvalue weighted by molar-refractivity contribution is 7.92. The number of nitrogens with zero attached hydrogens (tertiary/aromatic N) is 2. The van der Waals surface area contributed by atoms with Gasteiger partial charge in [0.15, 0.2) is 11.5 Å². The first-order valence-corrected chi connectivity index (χ1v) is 13.1. The first kappa shape index (κ1) is 21.3. The molecule has 2 aliphatic rings. The summed E-state index contributed by atoms with van der Waals surface area (Å²) in [5.74, 6) is 1.23. The van der Waals surface area contributed by atoms with E-state index in [1.807, 2.05) is 25.1 Å². The maximum atomic E-state index is 13.8. The third-order valence-electron chi connectivity index (χ3n) is 6.06. The van der Waals surface area contributed by atoms with Crippen LogP contribution in [-0.4, -0.2) is 39.2 Å². The average molecular weight is 471 g/mol. The Hall–Kier alpha value is -2.55. The Morgan fingerprint density at radius 2 is 1.78 bits per heavy atom. The fourth-order valence-electron chi connectivity index (χ4n) is 4.34. The van der Waals surface area contributed by atoms with Crippen molar-refractivity contribution >= 4 is 27.0 Å². The van der Waals surface area contributed by atoms with Gasteiger partial charge in [0.05, 0.1) is 10.6 Å². The van der Waals surface area contributed by atoms with E-state index in [2.05, 4.69) is 21.7 Å². The zero-order valence-electron chi connectivity index (χ0n) is 17.9. The summed E-state index contributed by atoms with van der Waals surface area (Å²) in [6.07, 6.45) is 1.54. The number of thiophene rings is 1. The molecule has 0 aliphatic carbocycles. The number of likely N-dealkylation sites (tertiary alicyclic amines) is 1. The molecule has 1 fully saturated rings.